The number of anilines is 1. The van der Waals surface area contributed by atoms with E-state index in [1.165, 1.54) is 24.8 Å². The Morgan fingerprint density at radius 2 is 2.20 bits per heavy atom. The Morgan fingerprint density at radius 3 is 3.00 bits per heavy atom. The number of aryl methyl sites for hydroxylation is 1. The summed E-state index contributed by atoms with van der Waals surface area (Å²) < 4.78 is 2.20. The predicted octanol–water partition coefficient (Wildman–Crippen LogP) is 2.81. The van der Waals surface area contributed by atoms with E-state index in [0.29, 0.717) is 0 Å². The number of hydrogen-bond donors (Lipinski definition) is 1. The highest BCUT2D eigenvalue weighted by atomic mass is 15.0. The van der Waals surface area contributed by atoms with E-state index in [0.717, 1.165) is 17.7 Å². The molecule has 2 N–H and O–H groups in total. The molecule has 2 aromatic rings. The fraction of sp³-hybridized carbons (Fsp3) is 0.417. The van der Waals surface area contributed by atoms with E-state index in [1.54, 1.807) is 0 Å². The first-order valence-electron chi connectivity index (χ1n) is 5.51. The van der Waals surface area contributed by atoms with E-state index >= 15 is 0 Å². The molecule has 3 nitrogen and oxygen atoms in total. The van der Waals surface area contributed by atoms with Crippen molar-refractivity contribution in [1.29, 1.82) is 0 Å². The lowest BCUT2D eigenvalue weighted by molar-refractivity contribution is 0.613. The van der Waals surface area contributed by atoms with Gasteiger partial charge in [0.25, 0.3) is 0 Å². The van der Waals surface area contributed by atoms with Crippen molar-refractivity contribution in [3.8, 4) is 0 Å². The summed E-state index contributed by atoms with van der Waals surface area (Å²) in [7, 11) is 0. The average Bonchev–Trinajstić information content (AvgIpc) is 2.61. The Labute approximate surface area is 89.9 Å². The average molecular weight is 203 g/mol. The van der Waals surface area contributed by atoms with E-state index in [4.69, 9.17) is 5.73 Å². The van der Waals surface area contributed by atoms with Gasteiger partial charge in [-0.15, -0.1) is 0 Å². The van der Waals surface area contributed by atoms with Gasteiger partial charge in [0.2, 0.25) is 0 Å². The second-order valence-corrected chi connectivity index (χ2v) is 3.89. The molecule has 2 rings (SSSR count). The number of nitrogen functional groups attached to an aromatic ring is 1. The van der Waals surface area contributed by atoms with Gasteiger partial charge < -0.3 is 10.3 Å². The summed E-state index contributed by atoms with van der Waals surface area (Å²) in [5.74, 6) is 0. The Morgan fingerprint density at radius 1 is 1.33 bits per heavy atom. The molecule has 3 heteroatoms. The van der Waals surface area contributed by atoms with Crippen molar-refractivity contribution in [2.75, 3.05) is 5.73 Å². The van der Waals surface area contributed by atoms with Crippen molar-refractivity contribution < 1.29 is 0 Å². The fourth-order valence-electron chi connectivity index (χ4n) is 1.79. The molecule has 15 heavy (non-hydrogen) atoms. The minimum absolute atomic E-state index is 0.779. The number of fused-ring (bicyclic) bond motifs is 1. The maximum absolute atomic E-state index is 5.71. The lowest BCUT2D eigenvalue weighted by Crippen LogP contribution is -1.95. The molecule has 0 aliphatic carbocycles. The van der Waals surface area contributed by atoms with Crippen LogP contribution in [0.5, 0.6) is 0 Å². The molecule has 0 saturated carbocycles. The summed E-state index contributed by atoms with van der Waals surface area (Å²) in [4.78, 5) is 4.34. The van der Waals surface area contributed by atoms with Crippen LogP contribution in [0.15, 0.2) is 24.5 Å². The summed E-state index contributed by atoms with van der Waals surface area (Å²) >= 11 is 0. The zero-order valence-electron chi connectivity index (χ0n) is 9.11. The van der Waals surface area contributed by atoms with E-state index in [1.807, 2.05) is 24.5 Å². The second kappa shape index (κ2) is 4.34. The van der Waals surface area contributed by atoms with Gasteiger partial charge in [-0.25, -0.2) is 4.98 Å². The maximum atomic E-state index is 5.71. The molecule has 0 aliphatic heterocycles. The third-order valence-electron chi connectivity index (χ3n) is 2.65. The first kappa shape index (κ1) is 10.0. The monoisotopic (exact) mass is 203 g/mol. The number of unbranched alkanes of at least 4 members (excludes halogenated alkanes) is 2. The molecule has 1 aromatic heterocycles. The highest BCUT2D eigenvalue weighted by Gasteiger charge is 2.01. The summed E-state index contributed by atoms with van der Waals surface area (Å²) in [6.45, 7) is 3.26. The van der Waals surface area contributed by atoms with Crippen molar-refractivity contribution >= 4 is 16.7 Å². The predicted molar refractivity (Wildman–Crippen MR) is 63.7 cm³/mol. The van der Waals surface area contributed by atoms with Crippen LogP contribution in [0, 0.1) is 0 Å². The summed E-state index contributed by atoms with van der Waals surface area (Å²) in [6.07, 6.45) is 5.64. The molecule has 0 radical (unpaired) electrons. The van der Waals surface area contributed by atoms with E-state index in [-0.39, 0.29) is 0 Å². The lowest BCUT2D eigenvalue weighted by atomic mass is 10.2. The van der Waals surface area contributed by atoms with Crippen LogP contribution in [0.2, 0.25) is 0 Å². The number of nitrogens with two attached hydrogens (primary N) is 1. The van der Waals surface area contributed by atoms with Crippen molar-refractivity contribution in [3.63, 3.8) is 0 Å². The van der Waals surface area contributed by atoms with Gasteiger partial charge in [0, 0.05) is 12.2 Å². The number of benzene rings is 1. The van der Waals surface area contributed by atoms with E-state index in [9.17, 15) is 0 Å². The highest BCUT2D eigenvalue weighted by molar-refractivity contribution is 5.78. The van der Waals surface area contributed by atoms with Gasteiger partial charge in [-0.1, -0.05) is 19.8 Å². The zero-order valence-corrected chi connectivity index (χ0v) is 9.11. The molecule has 0 fully saturated rings. The summed E-state index contributed by atoms with van der Waals surface area (Å²) in [6, 6.07) is 5.90. The topological polar surface area (TPSA) is 43.8 Å². The highest BCUT2D eigenvalue weighted by Crippen LogP contribution is 2.16. The minimum Gasteiger partial charge on any atom is -0.399 e. The first-order valence-corrected chi connectivity index (χ1v) is 5.51. The normalized spacial score (nSPS) is 11.0. The largest absolute Gasteiger partial charge is 0.399 e. The van der Waals surface area contributed by atoms with Crippen LogP contribution < -0.4 is 5.73 Å². The van der Waals surface area contributed by atoms with Gasteiger partial charge in [0.15, 0.2) is 0 Å². The third kappa shape index (κ3) is 2.12. The Bertz CT molecular complexity index is 445. The van der Waals surface area contributed by atoms with Crippen molar-refractivity contribution in [2.45, 2.75) is 32.7 Å². The standard InChI is InChI=1S/C12H17N3/c1-2-3-4-7-15-9-14-11-8-10(13)5-6-12(11)15/h5-6,8-9H,2-4,7,13H2,1H3. The molecule has 0 saturated heterocycles. The number of hydrogen-bond acceptors (Lipinski definition) is 2. The van der Waals surface area contributed by atoms with Crippen LogP contribution in [0.1, 0.15) is 26.2 Å². The molecule has 0 amide bonds. The van der Waals surface area contributed by atoms with Gasteiger partial charge in [-0.3, -0.25) is 0 Å². The van der Waals surface area contributed by atoms with E-state index in [2.05, 4.69) is 16.5 Å². The number of imidazole rings is 1. The third-order valence-corrected chi connectivity index (χ3v) is 2.65. The molecule has 80 valence electrons. The van der Waals surface area contributed by atoms with Gasteiger partial charge in [-0.2, -0.15) is 0 Å². The van der Waals surface area contributed by atoms with Crippen molar-refractivity contribution in [1.82, 2.24) is 9.55 Å². The molecular weight excluding hydrogens is 186 g/mol. The lowest BCUT2D eigenvalue weighted by Gasteiger charge is -2.03. The van der Waals surface area contributed by atoms with Crippen molar-refractivity contribution in [2.24, 2.45) is 0 Å². The molecule has 1 heterocycles. The van der Waals surface area contributed by atoms with Crippen LogP contribution in [0.4, 0.5) is 5.69 Å². The molecule has 0 atom stereocenters. The fourth-order valence-corrected chi connectivity index (χ4v) is 1.79. The smallest absolute Gasteiger partial charge is 0.0958 e. The molecule has 0 spiro atoms. The molecular formula is C12H17N3. The number of nitrogens with zero attached hydrogens (tertiary/aromatic N) is 2. The van der Waals surface area contributed by atoms with Gasteiger partial charge in [0.1, 0.15) is 0 Å². The number of aromatic nitrogens is 2. The Hall–Kier alpha value is -1.51. The Balaban J connectivity index is 2.21. The van der Waals surface area contributed by atoms with Crippen molar-refractivity contribution in [3.05, 3.63) is 24.5 Å². The van der Waals surface area contributed by atoms with Gasteiger partial charge >= 0.3 is 0 Å². The van der Waals surface area contributed by atoms with Crippen LogP contribution in [0.25, 0.3) is 11.0 Å². The zero-order chi connectivity index (χ0) is 10.7. The molecule has 0 bridgehead atoms. The van der Waals surface area contributed by atoms with Crippen LogP contribution in [-0.2, 0) is 6.54 Å². The quantitative estimate of drug-likeness (QED) is 0.613. The number of rotatable bonds is 4. The van der Waals surface area contributed by atoms with Crippen LogP contribution in [0.3, 0.4) is 0 Å². The SMILES string of the molecule is CCCCCn1cnc2cc(N)ccc21. The molecule has 0 aliphatic rings. The Kier molecular flexibility index (Phi) is 2.90. The molecule has 0 unspecified atom stereocenters. The van der Waals surface area contributed by atoms with Crippen LogP contribution >= 0.6 is 0 Å². The van der Waals surface area contributed by atoms with Gasteiger partial charge in [0.05, 0.1) is 17.4 Å². The van der Waals surface area contributed by atoms with Gasteiger partial charge in [-0.05, 0) is 24.6 Å². The second-order valence-electron chi connectivity index (χ2n) is 3.89. The van der Waals surface area contributed by atoms with Crippen LogP contribution in [-0.4, -0.2) is 9.55 Å². The summed E-state index contributed by atoms with van der Waals surface area (Å²) in [5.41, 5.74) is 8.66. The maximum Gasteiger partial charge on any atom is 0.0958 e. The van der Waals surface area contributed by atoms with E-state index < -0.39 is 0 Å². The minimum atomic E-state index is 0.779. The summed E-state index contributed by atoms with van der Waals surface area (Å²) in [5, 5.41) is 0. The first-order chi connectivity index (χ1) is 7.31. The molecule has 1 aromatic carbocycles.